The highest BCUT2D eigenvalue weighted by Gasteiger charge is 2.32. The van der Waals surface area contributed by atoms with Crippen molar-refractivity contribution in [2.75, 3.05) is 10.8 Å². The number of anilines is 1. The zero-order chi connectivity index (χ0) is 23.8. The van der Waals surface area contributed by atoms with Crippen LogP contribution in [0, 0.1) is 6.92 Å². The number of aromatic carboxylic acids is 1. The molecule has 1 atom stereocenters. The number of alkyl halides is 1. The highest BCUT2D eigenvalue weighted by Crippen LogP contribution is 2.39. The fraction of sp³-hybridized carbons (Fsp3) is 0.364. The van der Waals surface area contributed by atoms with Crippen molar-refractivity contribution in [1.29, 1.82) is 0 Å². The molecule has 3 aromatic rings. The third kappa shape index (κ3) is 5.04. The smallest absolute Gasteiger partial charge is 0.345 e. The molecule has 0 bridgehead atoms. The number of rotatable bonds is 9. The summed E-state index contributed by atoms with van der Waals surface area (Å²) < 4.78 is 48.1. The van der Waals surface area contributed by atoms with Crippen LogP contribution < -0.4 is 9.04 Å². The summed E-state index contributed by atoms with van der Waals surface area (Å²) in [6.07, 6.45) is 1.19. The van der Waals surface area contributed by atoms with Gasteiger partial charge in [0, 0.05) is 16.0 Å². The van der Waals surface area contributed by atoms with Crippen LogP contribution >= 0.6 is 22.7 Å². The molecule has 0 aliphatic heterocycles. The Hall–Kier alpha value is -2.50. The van der Waals surface area contributed by atoms with Gasteiger partial charge in [-0.1, -0.05) is 0 Å². The van der Waals surface area contributed by atoms with Crippen LogP contribution in [-0.4, -0.2) is 37.2 Å². The lowest BCUT2D eigenvalue weighted by atomic mass is 10.1. The molecule has 2 aromatic heterocycles. The number of aromatic nitrogens is 1. The molecule has 0 saturated carbocycles. The number of fused-ring (bicyclic) bond motifs is 1. The van der Waals surface area contributed by atoms with Gasteiger partial charge in [-0.2, -0.15) is 8.42 Å². The molecule has 0 saturated heterocycles. The molecule has 1 aliphatic rings. The summed E-state index contributed by atoms with van der Waals surface area (Å²) >= 11 is 2.09. The average Bonchev–Trinajstić information content (AvgIpc) is 3.50. The van der Waals surface area contributed by atoms with Crippen LogP contribution in [0.25, 0.3) is 0 Å². The van der Waals surface area contributed by atoms with Crippen molar-refractivity contribution >= 4 is 44.4 Å². The largest absolute Gasteiger partial charge is 0.486 e. The molecular weight excluding hydrogens is 487 g/mol. The maximum Gasteiger partial charge on any atom is 0.345 e. The van der Waals surface area contributed by atoms with Gasteiger partial charge in [0.25, 0.3) is 10.0 Å². The number of aryl methyl sites for hydroxylation is 3. The average molecular weight is 511 g/mol. The van der Waals surface area contributed by atoms with Crippen LogP contribution in [0.4, 0.5) is 10.1 Å². The minimum absolute atomic E-state index is 0.0686. The van der Waals surface area contributed by atoms with E-state index in [0.717, 1.165) is 57.4 Å². The van der Waals surface area contributed by atoms with E-state index in [9.17, 15) is 17.6 Å². The Balaban J connectivity index is 1.74. The van der Waals surface area contributed by atoms with Crippen molar-refractivity contribution in [1.82, 2.24) is 4.98 Å². The molecular formula is C22H23FN2O5S3. The number of ether oxygens (including phenoxy) is 1. The summed E-state index contributed by atoms with van der Waals surface area (Å²) in [6, 6.07) is 6.76. The van der Waals surface area contributed by atoms with E-state index in [1.807, 2.05) is 6.07 Å². The monoisotopic (exact) mass is 510 g/mol. The summed E-state index contributed by atoms with van der Waals surface area (Å²) in [5, 5.41) is 10.8. The number of sulfonamides is 1. The SMILES string of the molecule is Cc1csc(S(=O)(=O)N(CC(C)F)c2cc3c(cc2OCc2ccc(C(=O)O)s2)CCC3)n1. The molecule has 1 aromatic carbocycles. The minimum atomic E-state index is -4.11. The number of carboxylic acids is 1. The standard InChI is InChI=1S/C22H23FN2O5S3/c1-13(23)10-25(33(28,29)22-24-14(2)12-31-22)18-8-15-4-3-5-16(15)9-19(18)30-11-17-6-7-20(32-17)21(26)27/h6-9,12-13H,3-5,10-11H2,1-2H3,(H,26,27). The number of nitrogens with zero attached hydrogens (tertiary/aromatic N) is 2. The Labute approximate surface area is 199 Å². The molecule has 2 heterocycles. The van der Waals surface area contributed by atoms with Gasteiger partial charge in [0.05, 0.1) is 12.2 Å². The second-order valence-corrected chi connectivity index (χ2v) is 11.9. The molecule has 1 N–H and O–H groups in total. The van der Waals surface area contributed by atoms with E-state index in [4.69, 9.17) is 9.84 Å². The second-order valence-electron chi connectivity index (χ2n) is 7.87. The predicted octanol–water partition coefficient (Wildman–Crippen LogP) is 4.83. The van der Waals surface area contributed by atoms with E-state index in [2.05, 4.69) is 4.98 Å². The van der Waals surface area contributed by atoms with Crippen molar-refractivity contribution in [3.05, 3.63) is 56.2 Å². The van der Waals surface area contributed by atoms with Gasteiger partial charge < -0.3 is 9.84 Å². The fourth-order valence-corrected chi connectivity index (χ4v) is 7.15. The second kappa shape index (κ2) is 9.40. The molecule has 0 amide bonds. The molecule has 0 radical (unpaired) electrons. The number of thiazole rings is 1. The van der Waals surface area contributed by atoms with Gasteiger partial charge >= 0.3 is 5.97 Å². The van der Waals surface area contributed by atoms with Gasteiger partial charge in [0.2, 0.25) is 4.34 Å². The lowest BCUT2D eigenvalue weighted by Gasteiger charge is -2.26. The maximum absolute atomic E-state index is 14.2. The molecule has 7 nitrogen and oxygen atoms in total. The Morgan fingerprint density at radius 2 is 2.03 bits per heavy atom. The number of carbonyl (C=O) groups is 1. The third-order valence-electron chi connectivity index (χ3n) is 5.21. The van der Waals surface area contributed by atoms with Crippen LogP contribution in [0.5, 0.6) is 5.75 Å². The van der Waals surface area contributed by atoms with E-state index < -0.39 is 22.2 Å². The highest BCUT2D eigenvalue weighted by atomic mass is 32.2. The summed E-state index contributed by atoms with van der Waals surface area (Å²) in [5.41, 5.74) is 2.93. The summed E-state index contributed by atoms with van der Waals surface area (Å²) in [4.78, 5) is 16.2. The minimum Gasteiger partial charge on any atom is -0.486 e. The third-order valence-corrected chi connectivity index (χ3v) is 9.39. The van der Waals surface area contributed by atoms with E-state index in [0.29, 0.717) is 16.3 Å². The van der Waals surface area contributed by atoms with Gasteiger partial charge in [-0.3, -0.25) is 4.31 Å². The van der Waals surface area contributed by atoms with Crippen LogP contribution in [0.1, 0.15) is 44.7 Å². The van der Waals surface area contributed by atoms with E-state index in [-0.39, 0.29) is 28.1 Å². The van der Waals surface area contributed by atoms with Gasteiger partial charge in [-0.05, 0) is 68.5 Å². The van der Waals surface area contributed by atoms with Crippen LogP contribution in [0.3, 0.4) is 0 Å². The normalized spacial score (nSPS) is 14.2. The van der Waals surface area contributed by atoms with E-state index in [1.54, 1.807) is 24.4 Å². The predicted molar refractivity (Wildman–Crippen MR) is 126 cm³/mol. The number of hydrogen-bond acceptors (Lipinski definition) is 7. The number of halogens is 1. The Morgan fingerprint density at radius 3 is 2.64 bits per heavy atom. The zero-order valence-electron chi connectivity index (χ0n) is 18.1. The molecule has 4 rings (SSSR count). The first kappa shape index (κ1) is 23.7. The van der Waals surface area contributed by atoms with Crippen molar-refractivity contribution in [2.24, 2.45) is 0 Å². The van der Waals surface area contributed by atoms with Crippen molar-refractivity contribution in [2.45, 2.75) is 50.2 Å². The van der Waals surface area contributed by atoms with E-state index >= 15 is 0 Å². The van der Waals surface area contributed by atoms with Crippen molar-refractivity contribution < 1.29 is 27.4 Å². The first-order valence-corrected chi connectivity index (χ1v) is 13.5. The van der Waals surface area contributed by atoms with Gasteiger partial charge in [-0.15, -0.1) is 22.7 Å². The molecule has 0 fully saturated rings. The van der Waals surface area contributed by atoms with Crippen molar-refractivity contribution in [3.8, 4) is 5.75 Å². The number of thiophene rings is 1. The highest BCUT2D eigenvalue weighted by molar-refractivity contribution is 7.94. The number of benzene rings is 1. The topological polar surface area (TPSA) is 96.8 Å². The molecule has 0 spiro atoms. The van der Waals surface area contributed by atoms with Crippen LogP contribution in [0.15, 0.2) is 34.0 Å². The van der Waals surface area contributed by atoms with Crippen LogP contribution in [0.2, 0.25) is 0 Å². The molecule has 33 heavy (non-hydrogen) atoms. The first-order valence-electron chi connectivity index (χ1n) is 10.3. The molecule has 1 aliphatic carbocycles. The van der Waals surface area contributed by atoms with E-state index in [1.165, 1.54) is 13.0 Å². The van der Waals surface area contributed by atoms with Gasteiger partial charge in [-0.25, -0.2) is 14.2 Å². The summed E-state index contributed by atoms with van der Waals surface area (Å²) in [6.45, 7) is 2.70. The molecule has 176 valence electrons. The summed E-state index contributed by atoms with van der Waals surface area (Å²) in [5.74, 6) is -0.698. The van der Waals surface area contributed by atoms with Gasteiger partial charge in [0.1, 0.15) is 23.4 Å². The van der Waals surface area contributed by atoms with Crippen LogP contribution in [-0.2, 0) is 29.5 Å². The first-order chi connectivity index (χ1) is 15.6. The number of carboxylic acid groups (broad SMARTS) is 1. The zero-order valence-corrected chi connectivity index (χ0v) is 20.5. The quantitative estimate of drug-likeness (QED) is 0.443. The maximum atomic E-state index is 14.2. The fourth-order valence-electron chi connectivity index (χ4n) is 3.72. The van der Waals surface area contributed by atoms with Gasteiger partial charge in [0.15, 0.2) is 0 Å². The summed E-state index contributed by atoms with van der Waals surface area (Å²) in [7, 11) is -4.11. The number of hydrogen-bond donors (Lipinski definition) is 1. The Kier molecular flexibility index (Phi) is 6.73. The Morgan fingerprint density at radius 1 is 1.30 bits per heavy atom. The van der Waals surface area contributed by atoms with Crippen molar-refractivity contribution in [3.63, 3.8) is 0 Å². The lowest BCUT2D eigenvalue weighted by molar-refractivity contribution is 0.0702. The molecule has 1 unspecified atom stereocenters. The lowest BCUT2D eigenvalue weighted by Crippen LogP contribution is -2.36. The molecule has 11 heteroatoms. The Bertz CT molecular complexity index is 1280.